The fraction of sp³-hybridized carbons (Fsp3) is 0.158. The molecule has 2 aromatic heterocycles. The van der Waals surface area contributed by atoms with Crippen LogP contribution in [-0.4, -0.2) is 14.7 Å². The second-order valence-electron chi connectivity index (χ2n) is 6.02. The molecule has 3 heterocycles. The molecule has 0 saturated carbocycles. The van der Waals surface area contributed by atoms with Crippen LogP contribution in [0.25, 0.3) is 0 Å². The average molecular weight is 352 g/mol. The number of anilines is 1. The highest BCUT2D eigenvalue weighted by Gasteiger charge is 2.41. The van der Waals surface area contributed by atoms with Crippen molar-refractivity contribution in [2.45, 2.75) is 12.1 Å². The normalized spacial score (nSPS) is 19.9. The SMILES string of the molecule is Cn1cccc1[C@@H]1[C@@H](c2ccccn2)NC(=S)N1c1ccc(F)cc1. The molecule has 0 bridgehead atoms. The van der Waals surface area contributed by atoms with Crippen LogP contribution >= 0.6 is 12.2 Å². The second-order valence-corrected chi connectivity index (χ2v) is 6.40. The monoisotopic (exact) mass is 352 g/mol. The predicted octanol–water partition coefficient (Wildman–Crippen LogP) is 3.74. The van der Waals surface area contributed by atoms with Crippen LogP contribution in [0.3, 0.4) is 0 Å². The van der Waals surface area contributed by atoms with Gasteiger partial charge in [0.05, 0.1) is 11.7 Å². The zero-order valence-corrected chi connectivity index (χ0v) is 14.4. The van der Waals surface area contributed by atoms with Gasteiger partial charge in [-0.05, 0) is 60.7 Å². The molecule has 4 rings (SSSR count). The van der Waals surface area contributed by atoms with Crippen LogP contribution in [0.5, 0.6) is 0 Å². The first-order valence-corrected chi connectivity index (χ1v) is 8.43. The average Bonchev–Trinajstić information content (AvgIpc) is 3.19. The van der Waals surface area contributed by atoms with Crippen molar-refractivity contribution in [3.8, 4) is 0 Å². The summed E-state index contributed by atoms with van der Waals surface area (Å²) in [5, 5.41) is 3.99. The van der Waals surface area contributed by atoms with Gasteiger partial charge in [-0.15, -0.1) is 0 Å². The zero-order valence-electron chi connectivity index (χ0n) is 13.6. The lowest BCUT2D eigenvalue weighted by Crippen LogP contribution is -2.30. The summed E-state index contributed by atoms with van der Waals surface area (Å²) in [6.45, 7) is 0. The lowest BCUT2D eigenvalue weighted by Gasteiger charge is -2.28. The van der Waals surface area contributed by atoms with Crippen molar-refractivity contribution in [1.29, 1.82) is 0 Å². The summed E-state index contributed by atoms with van der Waals surface area (Å²) in [6.07, 6.45) is 3.79. The zero-order chi connectivity index (χ0) is 17.4. The molecule has 0 amide bonds. The predicted molar refractivity (Wildman–Crippen MR) is 99.7 cm³/mol. The number of rotatable bonds is 3. The summed E-state index contributed by atoms with van der Waals surface area (Å²) in [5.74, 6) is -0.265. The smallest absolute Gasteiger partial charge is 0.174 e. The highest BCUT2D eigenvalue weighted by atomic mass is 32.1. The molecule has 0 radical (unpaired) electrons. The van der Waals surface area contributed by atoms with Crippen LogP contribution in [0, 0.1) is 5.82 Å². The summed E-state index contributed by atoms with van der Waals surface area (Å²) >= 11 is 5.61. The van der Waals surface area contributed by atoms with E-state index in [0.29, 0.717) is 5.11 Å². The first-order valence-electron chi connectivity index (χ1n) is 8.02. The van der Waals surface area contributed by atoms with Crippen LogP contribution in [0.15, 0.2) is 67.0 Å². The number of hydrogen-bond acceptors (Lipinski definition) is 2. The van der Waals surface area contributed by atoms with Crippen molar-refractivity contribution >= 4 is 23.0 Å². The second kappa shape index (κ2) is 6.29. The fourth-order valence-electron chi connectivity index (χ4n) is 3.32. The molecule has 4 nitrogen and oxygen atoms in total. The molecule has 0 aliphatic carbocycles. The number of nitrogens with one attached hydrogen (secondary N) is 1. The van der Waals surface area contributed by atoms with Gasteiger partial charge in [-0.3, -0.25) is 4.98 Å². The van der Waals surface area contributed by atoms with Gasteiger partial charge in [0.1, 0.15) is 11.9 Å². The van der Waals surface area contributed by atoms with E-state index < -0.39 is 0 Å². The van der Waals surface area contributed by atoms with Crippen LogP contribution in [0.2, 0.25) is 0 Å². The topological polar surface area (TPSA) is 33.1 Å². The van der Waals surface area contributed by atoms with Crippen molar-refractivity contribution in [3.05, 3.63) is 84.2 Å². The Morgan fingerprint density at radius 1 is 1.08 bits per heavy atom. The standard InChI is InChI=1S/C19H17FN4S/c1-23-12-4-6-16(23)18-17(15-5-2-3-11-21-15)22-19(25)24(18)14-9-7-13(20)8-10-14/h2-12,17-18H,1H3,(H,22,25)/t17-,18-/m1/s1. The van der Waals surface area contributed by atoms with E-state index in [4.69, 9.17) is 12.2 Å². The van der Waals surface area contributed by atoms with E-state index in [1.165, 1.54) is 12.1 Å². The number of aryl methyl sites for hydroxylation is 1. The summed E-state index contributed by atoms with van der Waals surface area (Å²) < 4.78 is 15.4. The van der Waals surface area contributed by atoms with Crippen LogP contribution in [0.1, 0.15) is 23.5 Å². The molecule has 1 aliphatic rings. The summed E-state index contributed by atoms with van der Waals surface area (Å²) in [6, 6.07) is 16.2. The Morgan fingerprint density at radius 2 is 1.88 bits per heavy atom. The molecule has 25 heavy (non-hydrogen) atoms. The number of benzene rings is 1. The van der Waals surface area contributed by atoms with Crippen LogP contribution < -0.4 is 10.2 Å². The molecule has 1 N–H and O–H groups in total. The maximum absolute atomic E-state index is 13.4. The van der Waals surface area contributed by atoms with Crippen molar-refractivity contribution in [2.24, 2.45) is 7.05 Å². The van der Waals surface area contributed by atoms with E-state index in [2.05, 4.69) is 20.9 Å². The van der Waals surface area contributed by atoms with E-state index in [1.807, 2.05) is 42.4 Å². The minimum Gasteiger partial charge on any atom is -0.353 e. The van der Waals surface area contributed by atoms with Gasteiger partial charge in [-0.1, -0.05) is 6.07 Å². The lowest BCUT2D eigenvalue weighted by molar-refractivity contribution is 0.541. The molecule has 1 aromatic carbocycles. The summed E-state index contributed by atoms with van der Waals surface area (Å²) in [5.41, 5.74) is 2.87. The Bertz CT molecular complexity index is 891. The Kier molecular flexibility index (Phi) is 3.97. The van der Waals surface area contributed by atoms with Gasteiger partial charge in [0, 0.05) is 30.8 Å². The number of nitrogens with zero attached hydrogens (tertiary/aromatic N) is 3. The van der Waals surface area contributed by atoms with E-state index >= 15 is 0 Å². The lowest BCUT2D eigenvalue weighted by atomic mass is 10.0. The van der Waals surface area contributed by atoms with Gasteiger partial charge >= 0.3 is 0 Å². The van der Waals surface area contributed by atoms with Crippen molar-refractivity contribution < 1.29 is 4.39 Å². The van der Waals surface area contributed by atoms with E-state index in [1.54, 1.807) is 18.3 Å². The maximum atomic E-state index is 13.4. The number of halogens is 1. The van der Waals surface area contributed by atoms with Crippen molar-refractivity contribution in [1.82, 2.24) is 14.9 Å². The number of thiocarbonyl (C=S) groups is 1. The molecular formula is C19H17FN4S. The van der Waals surface area contributed by atoms with Gasteiger partial charge in [-0.2, -0.15) is 0 Å². The quantitative estimate of drug-likeness (QED) is 0.728. The third-order valence-corrected chi connectivity index (χ3v) is 4.80. The molecule has 1 saturated heterocycles. The van der Waals surface area contributed by atoms with Crippen LogP contribution in [-0.2, 0) is 7.05 Å². The molecule has 2 atom stereocenters. The Balaban J connectivity index is 1.83. The Labute approximate surface area is 150 Å². The van der Waals surface area contributed by atoms with E-state index in [9.17, 15) is 4.39 Å². The first kappa shape index (κ1) is 15.8. The summed E-state index contributed by atoms with van der Waals surface area (Å²) in [7, 11) is 2.01. The molecule has 0 unspecified atom stereocenters. The molecular weight excluding hydrogens is 335 g/mol. The molecule has 0 spiro atoms. The third kappa shape index (κ3) is 2.78. The number of pyridine rings is 1. The highest BCUT2D eigenvalue weighted by molar-refractivity contribution is 7.80. The minimum atomic E-state index is -0.265. The molecule has 1 aliphatic heterocycles. The van der Waals surface area contributed by atoms with Gasteiger partial charge in [-0.25, -0.2) is 4.39 Å². The molecule has 6 heteroatoms. The van der Waals surface area contributed by atoms with E-state index in [0.717, 1.165) is 17.1 Å². The van der Waals surface area contributed by atoms with Gasteiger partial charge in [0.15, 0.2) is 5.11 Å². The number of aromatic nitrogens is 2. The van der Waals surface area contributed by atoms with Gasteiger partial charge in [0.25, 0.3) is 0 Å². The third-order valence-electron chi connectivity index (χ3n) is 4.49. The van der Waals surface area contributed by atoms with Gasteiger partial charge < -0.3 is 14.8 Å². The first-order chi connectivity index (χ1) is 12.1. The van der Waals surface area contributed by atoms with Crippen molar-refractivity contribution in [2.75, 3.05) is 4.90 Å². The highest BCUT2D eigenvalue weighted by Crippen LogP contribution is 2.41. The summed E-state index contributed by atoms with van der Waals surface area (Å²) in [4.78, 5) is 6.54. The van der Waals surface area contributed by atoms with Crippen LogP contribution in [0.4, 0.5) is 10.1 Å². The molecule has 1 fully saturated rings. The van der Waals surface area contributed by atoms with E-state index in [-0.39, 0.29) is 17.9 Å². The molecule has 126 valence electrons. The minimum absolute atomic E-state index is 0.0761. The Morgan fingerprint density at radius 3 is 2.52 bits per heavy atom. The largest absolute Gasteiger partial charge is 0.353 e. The molecule has 3 aromatic rings. The van der Waals surface area contributed by atoms with Gasteiger partial charge in [0.2, 0.25) is 0 Å². The fourth-order valence-corrected chi connectivity index (χ4v) is 3.66. The number of hydrogen-bond donors (Lipinski definition) is 1. The maximum Gasteiger partial charge on any atom is 0.174 e. The van der Waals surface area contributed by atoms with Crippen molar-refractivity contribution in [3.63, 3.8) is 0 Å². The Hall–Kier alpha value is -2.73.